The number of carbonyl (C=O) groups is 2. The maximum atomic E-state index is 9.77. The third-order valence-electron chi connectivity index (χ3n) is 2.43. The van der Waals surface area contributed by atoms with E-state index >= 15 is 0 Å². The number of nitrogens with one attached hydrogen (secondary N) is 1. The van der Waals surface area contributed by atoms with Crippen LogP contribution in [0.4, 0.5) is 0 Å². The minimum Gasteiger partial charge on any atom is -0.479 e. The van der Waals surface area contributed by atoms with Crippen molar-refractivity contribution in [2.24, 2.45) is 11.5 Å². The molecule has 1 heterocycles. The first-order valence-corrected chi connectivity index (χ1v) is 6.59. The Morgan fingerprint density at radius 1 is 0.957 bits per heavy atom. The Kier molecular flexibility index (Phi) is 9.96. The van der Waals surface area contributed by atoms with Crippen molar-refractivity contribution < 1.29 is 30.0 Å². The Morgan fingerprint density at radius 2 is 1.43 bits per heavy atom. The van der Waals surface area contributed by atoms with E-state index in [2.05, 4.69) is 23.2 Å². The molecule has 0 radical (unpaired) electrons. The van der Waals surface area contributed by atoms with Gasteiger partial charge >= 0.3 is 11.9 Å². The van der Waals surface area contributed by atoms with Crippen LogP contribution >= 0.6 is 0 Å². The topological polar surface area (TPSA) is 183 Å². The Morgan fingerprint density at radius 3 is 1.83 bits per heavy atom. The Hall–Kier alpha value is -2.46. The molecule has 9 nitrogen and oxygen atoms in total. The molecular weight excluding hydrogens is 306 g/mol. The lowest BCUT2D eigenvalue weighted by atomic mass is 10.2. The summed E-state index contributed by atoms with van der Waals surface area (Å²) in [5.74, 6) is -3.54. The standard InChI is InChI=1S/C8H7N.C4H6O6.C2H8N2/c1-2-4-8-7(3-1)5-6-9-8;5-1(3(7)8)2(6)4(9)10;3-1-2-4/h1-6,9H;1-2,5-6H,(H,7,8)(H,9,10);1-4H2. The summed E-state index contributed by atoms with van der Waals surface area (Å²) >= 11 is 0. The van der Waals surface area contributed by atoms with Crippen molar-refractivity contribution in [1.82, 2.24) is 4.98 Å². The number of aliphatic hydroxyl groups excluding tert-OH is 2. The maximum absolute atomic E-state index is 9.77. The smallest absolute Gasteiger partial charge is 0.335 e. The molecule has 0 saturated heterocycles. The van der Waals surface area contributed by atoms with E-state index in [0.29, 0.717) is 13.1 Å². The number of aliphatic carboxylic acids is 2. The first kappa shape index (κ1) is 20.5. The number of para-hydroxylation sites is 1. The number of nitrogens with two attached hydrogens (primary N) is 2. The lowest BCUT2D eigenvalue weighted by Gasteiger charge is -2.07. The van der Waals surface area contributed by atoms with Crippen molar-refractivity contribution in [2.75, 3.05) is 13.1 Å². The number of H-pyrrole nitrogens is 1. The molecule has 0 aliphatic rings. The fourth-order valence-corrected chi connectivity index (χ4v) is 1.27. The molecule has 9 heteroatoms. The second kappa shape index (κ2) is 11.2. The molecule has 2 aromatic rings. The quantitative estimate of drug-likeness (QED) is 0.371. The number of rotatable bonds is 4. The Bertz CT molecular complexity index is 551. The highest BCUT2D eigenvalue weighted by molar-refractivity contribution is 5.83. The zero-order chi connectivity index (χ0) is 17.8. The highest BCUT2D eigenvalue weighted by Crippen LogP contribution is 2.09. The summed E-state index contributed by atoms with van der Waals surface area (Å²) in [6.45, 7) is 1.19. The molecule has 0 amide bonds. The maximum Gasteiger partial charge on any atom is 0.335 e. The molecule has 0 bridgehead atoms. The third-order valence-corrected chi connectivity index (χ3v) is 2.43. The molecular formula is C14H21N3O6. The van der Waals surface area contributed by atoms with Gasteiger partial charge in [0.1, 0.15) is 0 Å². The number of carboxylic acid groups (broad SMARTS) is 2. The molecule has 1 aromatic heterocycles. The third kappa shape index (κ3) is 7.93. The predicted molar refractivity (Wildman–Crippen MR) is 83.7 cm³/mol. The van der Waals surface area contributed by atoms with Crippen LogP contribution < -0.4 is 11.5 Å². The van der Waals surface area contributed by atoms with Crippen LogP contribution in [-0.2, 0) is 9.59 Å². The van der Waals surface area contributed by atoms with Crippen LogP contribution in [0.2, 0.25) is 0 Å². The summed E-state index contributed by atoms with van der Waals surface area (Å²) < 4.78 is 0. The molecule has 23 heavy (non-hydrogen) atoms. The zero-order valence-corrected chi connectivity index (χ0v) is 12.3. The fourth-order valence-electron chi connectivity index (χ4n) is 1.27. The molecule has 0 aliphatic carbocycles. The van der Waals surface area contributed by atoms with Crippen LogP contribution in [0.25, 0.3) is 10.9 Å². The Balaban J connectivity index is 0.000000344. The number of hydrogen-bond donors (Lipinski definition) is 7. The molecule has 2 unspecified atom stereocenters. The highest BCUT2D eigenvalue weighted by Gasteiger charge is 2.29. The van der Waals surface area contributed by atoms with Crippen LogP contribution in [0.3, 0.4) is 0 Å². The highest BCUT2D eigenvalue weighted by atomic mass is 16.4. The number of benzene rings is 1. The molecule has 128 valence electrons. The lowest BCUT2D eigenvalue weighted by Crippen LogP contribution is -2.39. The van der Waals surface area contributed by atoms with Gasteiger partial charge in [-0.2, -0.15) is 0 Å². The van der Waals surface area contributed by atoms with Gasteiger partial charge in [0, 0.05) is 24.8 Å². The number of hydrogen-bond acceptors (Lipinski definition) is 6. The summed E-state index contributed by atoms with van der Waals surface area (Å²) in [7, 11) is 0. The van der Waals surface area contributed by atoms with E-state index < -0.39 is 24.1 Å². The van der Waals surface area contributed by atoms with Gasteiger partial charge in [-0.25, -0.2) is 9.59 Å². The van der Waals surface area contributed by atoms with Crippen LogP contribution in [0.15, 0.2) is 36.5 Å². The lowest BCUT2D eigenvalue weighted by molar-refractivity contribution is -0.165. The van der Waals surface area contributed by atoms with Gasteiger partial charge in [-0.1, -0.05) is 18.2 Å². The van der Waals surface area contributed by atoms with Crippen molar-refractivity contribution >= 4 is 22.8 Å². The summed E-state index contributed by atoms with van der Waals surface area (Å²) in [6.07, 6.45) is -2.58. The van der Waals surface area contributed by atoms with Crippen molar-refractivity contribution in [3.63, 3.8) is 0 Å². The van der Waals surface area contributed by atoms with Crippen molar-refractivity contribution in [1.29, 1.82) is 0 Å². The number of carboxylic acids is 2. The van der Waals surface area contributed by atoms with E-state index in [0.717, 1.165) is 0 Å². The normalized spacial score (nSPS) is 12.2. The van der Waals surface area contributed by atoms with Gasteiger partial charge in [-0.3, -0.25) is 0 Å². The van der Waals surface area contributed by atoms with E-state index in [1.807, 2.05) is 18.3 Å². The van der Waals surface area contributed by atoms with Crippen molar-refractivity contribution in [3.05, 3.63) is 36.5 Å². The van der Waals surface area contributed by atoms with Gasteiger partial charge in [0.05, 0.1) is 0 Å². The zero-order valence-electron chi connectivity index (χ0n) is 12.3. The molecule has 2 atom stereocenters. The first-order valence-electron chi connectivity index (χ1n) is 6.59. The van der Waals surface area contributed by atoms with Crippen molar-refractivity contribution in [2.45, 2.75) is 12.2 Å². The summed E-state index contributed by atoms with van der Waals surface area (Å²) in [5.41, 5.74) is 11.0. The second-order valence-corrected chi connectivity index (χ2v) is 4.21. The average molecular weight is 327 g/mol. The van der Waals surface area contributed by atoms with Gasteiger partial charge in [0.2, 0.25) is 0 Å². The predicted octanol–water partition coefficient (Wildman–Crippen LogP) is -1.05. The van der Waals surface area contributed by atoms with Gasteiger partial charge in [0.15, 0.2) is 12.2 Å². The minimum atomic E-state index is -2.27. The number of aromatic amines is 1. The molecule has 0 spiro atoms. The monoisotopic (exact) mass is 327 g/mol. The SMILES string of the molecule is NCCN.O=C(O)C(O)C(O)C(=O)O.c1ccc2[nH]ccc2c1. The molecule has 0 fully saturated rings. The van der Waals surface area contributed by atoms with Gasteiger partial charge in [-0.05, 0) is 17.5 Å². The largest absolute Gasteiger partial charge is 0.479 e. The first-order chi connectivity index (χ1) is 10.8. The van der Waals surface area contributed by atoms with Crippen molar-refractivity contribution in [3.8, 4) is 0 Å². The second-order valence-electron chi connectivity index (χ2n) is 4.21. The summed E-state index contributed by atoms with van der Waals surface area (Å²) in [4.78, 5) is 22.7. The molecule has 0 aliphatic heterocycles. The Labute approximate surface area is 132 Å². The van der Waals surface area contributed by atoms with E-state index in [9.17, 15) is 9.59 Å². The van der Waals surface area contributed by atoms with Crippen LogP contribution in [-0.4, -0.2) is 62.6 Å². The molecule has 1 aromatic carbocycles. The summed E-state index contributed by atoms with van der Waals surface area (Å²) in [5, 5.41) is 33.8. The van der Waals surface area contributed by atoms with Crippen LogP contribution in [0.1, 0.15) is 0 Å². The van der Waals surface area contributed by atoms with E-state index in [4.69, 9.17) is 31.9 Å². The van der Waals surface area contributed by atoms with Gasteiger partial charge in [0.25, 0.3) is 0 Å². The molecule has 9 N–H and O–H groups in total. The van der Waals surface area contributed by atoms with Gasteiger partial charge < -0.3 is 36.9 Å². The van der Waals surface area contributed by atoms with Gasteiger partial charge in [-0.15, -0.1) is 0 Å². The molecule has 0 saturated carbocycles. The number of aliphatic hydroxyl groups is 2. The van der Waals surface area contributed by atoms with E-state index in [-0.39, 0.29) is 0 Å². The molecule has 2 rings (SSSR count). The van der Waals surface area contributed by atoms with E-state index in [1.165, 1.54) is 10.9 Å². The van der Waals surface area contributed by atoms with Crippen LogP contribution in [0.5, 0.6) is 0 Å². The fraction of sp³-hybridized carbons (Fsp3) is 0.286. The summed E-state index contributed by atoms with van der Waals surface area (Å²) in [6, 6.07) is 10.3. The average Bonchev–Trinajstić information content (AvgIpc) is 3.02. The number of fused-ring (bicyclic) bond motifs is 1. The van der Waals surface area contributed by atoms with E-state index in [1.54, 1.807) is 0 Å². The van der Waals surface area contributed by atoms with Crippen LogP contribution in [0, 0.1) is 0 Å². The minimum absolute atomic E-state index is 0.597. The number of aromatic nitrogens is 1.